The molecule has 7 heteroatoms. The molecule has 2 heterocycles. The van der Waals surface area contributed by atoms with E-state index in [0.29, 0.717) is 11.0 Å². The van der Waals surface area contributed by atoms with Gasteiger partial charge in [0, 0.05) is 23.3 Å². The van der Waals surface area contributed by atoms with Crippen LogP contribution in [0, 0.1) is 0 Å². The van der Waals surface area contributed by atoms with Crippen molar-refractivity contribution in [2.45, 2.75) is 18.2 Å². The molecule has 0 atom stereocenters. The molecule has 6 nitrogen and oxygen atoms in total. The first kappa shape index (κ1) is 15.5. The molecule has 0 saturated carbocycles. The maximum absolute atomic E-state index is 11.7. The quantitative estimate of drug-likeness (QED) is 0.767. The highest BCUT2D eigenvalue weighted by Crippen LogP contribution is 2.30. The zero-order valence-electron chi connectivity index (χ0n) is 12.8. The van der Waals surface area contributed by atoms with Crippen LogP contribution >= 0.6 is 0 Å². The first-order chi connectivity index (χ1) is 10.9. The van der Waals surface area contributed by atoms with Crippen LogP contribution in [0.4, 0.5) is 0 Å². The number of primary sulfonamides is 1. The van der Waals surface area contributed by atoms with E-state index >= 15 is 0 Å². The lowest BCUT2D eigenvalue weighted by Crippen LogP contribution is -2.11. The number of rotatable bonds is 4. The third-order valence-electron chi connectivity index (χ3n) is 3.80. The van der Waals surface area contributed by atoms with Gasteiger partial charge in [0.05, 0.1) is 7.11 Å². The summed E-state index contributed by atoms with van der Waals surface area (Å²) in [5.74, 6) is 0.784. The Labute approximate surface area is 134 Å². The van der Waals surface area contributed by atoms with E-state index in [1.54, 1.807) is 19.4 Å². The van der Waals surface area contributed by atoms with Crippen molar-refractivity contribution in [1.29, 1.82) is 0 Å². The molecule has 0 aliphatic heterocycles. The van der Waals surface area contributed by atoms with E-state index in [1.807, 2.05) is 18.2 Å². The van der Waals surface area contributed by atoms with Crippen molar-refractivity contribution in [3.05, 3.63) is 42.2 Å². The van der Waals surface area contributed by atoms with E-state index < -0.39 is 10.0 Å². The minimum Gasteiger partial charge on any atom is -0.497 e. The Hall–Kier alpha value is -2.38. The van der Waals surface area contributed by atoms with Crippen LogP contribution in [-0.4, -0.2) is 25.5 Å². The predicted molar refractivity (Wildman–Crippen MR) is 88.8 cm³/mol. The smallest absolute Gasteiger partial charge is 0.240 e. The molecule has 3 aromatic rings. The van der Waals surface area contributed by atoms with Crippen molar-refractivity contribution in [1.82, 2.24) is 9.97 Å². The highest BCUT2D eigenvalue weighted by molar-refractivity contribution is 7.89. The fraction of sp³-hybridized carbons (Fsp3) is 0.188. The highest BCUT2D eigenvalue weighted by atomic mass is 32.2. The summed E-state index contributed by atoms with van der Waals surface area (Å²) in [4.78, 5) is 7.18. The molecule has 3 rings (SSSR count). The number of fused-ring (bicyclic) bond motifs is 1. The topological polar surface area (TPSA) is 98.1 Å². The molecule has 0 radical (unpaired) electrons. The molecule has 23 heavy (non-hydrogen) atoms. The van der Waals surface area contributed by atoms with Crippen LogP contribution in [0.2, 0.25) is 0 Å². The number of sulfonamides is 1. The van der Waals surface area contributed by atoms with Gasteiger partial charge in [-0.3, -0.25) is 0 Å². The normalized spacial score (nSPS) is 11.8. The SMILES string of the molecule is CCc1cc(OC)ccc1-c1cnc2[nH]cc(S(N)(=O)=O)c2c1. The number of hydrogen-bond donors (Lipinski definition) is 2. The van der Waals surface area contributed by atoms with Gasteiger partial charge >= 0.3 is 0 Å². The summed E-state index contributed by atoms with van der Waals surface area (Å²) >= 11 is 0. The fourth-order valence-electron chi connectivity index (χ4n) is 2.63. The average Bonchev–Trinajstić information content (AvgIpc) is 2.97. The number of H-pyrrole nitrogens is 1. The number of benzene rings is 1. The van der Waals surface area contributed by atoms with Gasteiger partial charge in [0.15, 0.2) is 0 Å². The summed E-state index contributed by atoms with van der Waals surface area (Å²) in [7, 11) is -2.18. The molecule has 2 aromatic heterocycles. The van der Waals surface area contributed by atoms with Crippen LogP contribution in [0.1, 0.15) is 12.5 Å². The van der Waals surface area contributed by atoms with Gasteiger partial charge < -0.3 is 9.72 Å². The highest BCUT2D eigenvalue weighted by Gasteiger charge is 2.16. The second-order valence-corrected chi connectivity index (χ2v) is 6.72. The van der Waals surface area contributed by atoms with E-state index in [9.17, 15) is 8.42 Å². The second-order valence-electron chi connectivity index (χ2n) is 5.19. The Kier molecular flexibility index (Phi) is 3.83. The number of hydrogen-bond acceptors (Lipinski definition) is 4. The molecular weight excluding hydrogens is 314 g/mol. The molecule has 1 aromatic carbocycles. The molecule has 120 valence electrons. The van der Waals surface area contributed by atoms with Crippen molar-refractivity contribution in [3.63, 3.8) is 0 Å². The van der Waals surface area contributed by atoms with Crippen molar-refractivity contribution < 1.29 is 13.2 Å². The van der Waals surface area contributed by atoms with Crippen molar-refractivity contribution in [2.75, 3.05) is 7.11 Å². The van der Waals surface area contributed by atoms with Crippen molar-refractivity contribution >= 4 is 21.1 Å². The number of aromatic nitrogens is 2. The lowest BCUT2D eigenvalue weighted by Gasteiger charge is -2.10. The predicted octanol–water partition coefficient (Wildman–Crippen LogP) is 2.45. The van der Waals surface area contributed by atoms with E-state index in [1.165, 1.54) is 6.20 Å². The summed E-state index contributed by atoms with van der Waals surface area (Å²) in [6.07, 6.45) is 3.90. The summed E-state index contributed by atoms with van der Waals surface area (Å²) in [6, 6.07) is 7.58. The number of methoxy groups -OCH3 is 1. The lowest BCUT2D eigenvalue weighted by molar-refractivity contribution is 0.414. The number of ether oxygens (including phenoxy) is 1. The van der Waals surface area contributed by atoms with Gasteiger partial charge in [-0.15, -0.1) is 0 Å². The van der Waals surface area contributed by atoms with Crippen LogP contribution < -0.4 is 9.88 Å². The Morgan fingerprint density at radius 3 is 2.74 bits per heavy atom. The van der Waals surface area contributed by atoms with Crippen LogP contribution in [0.15, 0.2) is 41.6 Å². The summed E-state index contributed by atoms with van der Waals surface area (Å²) in [5, 5.41) is 5.75. The molecule has 3 N–H and O–H groups in total. The van der Waals surface area contributed by atoms with Crippen molar-refractivity contribution in [3.8, 4) is 16.9 Å². The number of nitrogens with one attached hydrogen (secondary N) is 1. The lowest BCUT2D eigenvalue weighted by atomic mass is 9.98. The average molecular weight is 331 g/mol. The molecule has 0 amide bonds. The molecule has 0 fully saturated rings. The van der Waals surface area contributed by atoms with Gasteiger partial charge in [0.1, 0.15) is 16.3 Å². The zero-order chi connectivity index (χ0) is 16.6. The summed E-state index contributed by atoms with van der Waals surface area (Å²) in [5.41, 5.74) is 3.41. The van der Waals surface area contributed by atoms with E-state index in [4.69, 9.17) is 9.88 Å². The van der Waals surface area contributed by atoms with Crippen LogP contribution in [-0.2, 0) is 16.4 Å². The number of nitrogens with zero attached hydrogens (tertiary/aromatic N) is 1. The van der Waals surface area contributed by atoms with E-state index in [-0.39, 0.29) is 4.90 Å². The minimum absolute atomic E-state index is 0.0495. The number of pyridine rings is 1. The standard InChI is InChI=1S/C16H17N3O3S/c1-3-10-6-12(22-2)4-5-13(10)11-7-14-15(23(17,20)21)9-19-16(14)18-8-11/h4-9H,3H2,1-2H3,(H,18,19)(H2,17,20,21). The molecule has 0 bridgehead atoms. The molecule has 0 aliphatic rings. The van der Waals surface area contributed by atoms with Gasteiger partial charge in [-0.1, -0.05) is 13.0 Å². The minimum atomic E-state index is -3.80. The number of nitrogens with two attached hydrogens (primary N) is 1. The van der Waals surface area contributed by atoms with Crippen LogP contribution in [0.5, 0.6) is 5.75 Å². The summed E-state index contributed by atoms with van der Waals surface area (Å²) < 4.78 is 28.6. The van der Waals surface area contributed by atoms with E-state index in [2.05, 4.69) is 16.9 Å². The first-order valence-electron chi connectivity index (χ1n) is 7.11. The maximum atomic E-state index is 11.7. The monoisotopic (exact) mass is 331 g/mol. The van der Waals surface area contributed by atoms with Gasteiger partial charge in [-0.2, -0.15) is 0 Å². The maximum Gasteiger partial charge on any atom is 0.240 e. The third-order valence-corrected chi connectivity index (χ3v) is 4.75. The summed E-state index contributed by atoms with van der Waals surface area (Å²) in [6.45, 7) is 2.05. The molecule has 0 spiro atoms. The Morgan fingerprint density at radius 1 is 1.30 bits per heavy atom. The molecule has 0 saturated heterocycles. The second kappa shape index (κ2) is 5.68. The Bertz CT molecular complexity index is 977. The molecular formula is C16H17N3O3S. The van der Waals surface area contributed by atoms with Gasteiger partial charge in [-0.05, 0) is 35.7 Å². The zero-order valence-corrected chi connectivity index (χ0v) is 13.6. The third kappa shape index (κ3) is 2.80. The first-order valence-corrected chi connectivity index (χ1v) is 8.66. The molecule has 0 aliphatic carbocycles. The molecule has 0 unspecified atom stereocenters. The van der Waals surface area contributed by atoms with Crippen LogP contribution in [0.25, 0.3) is 22.2 Å². The number of aryl methyl sites for hydroxylation is 1. The van der Waals surface area contributed by atoms with Gasteiger partial charge in [-0.25, -0.2) is 18.5 Å². The van der Waals surface area contributed by atoms with Gasteiger partial charge in [0.25, 0.3) is 0 Å². The fourth-order valence-corrected chi connectivity index (χ4v) is 3.32. The Balaban J connectivity index is 2.21. The van der Waals surface area contributed by atoms with Crippen LogP contribution in [0.3, 0.4) is 0 Å². The van der Waals surface area contributed by atoms with Crippen molar-refractivity contribution in [2.24, 2.45) is 5.14 Å². The van der Waals surface area contributed by atoms with Gasteiger partial charge in [0.2, 0.25) is 10.0 Å². The largest absolute Gasteiger partial charge is 0.497 e. The number of aromatic amines is 1. The Morgan fingerprint density at radius 2 is 2.09 bits per heavy atom. The van der Waals surface area contributed by atoms with E-state index in [0.717, 1.165) is 28.9 Å².